The average molecular weight is 445 g/mol. The number of allylic oxidation sites excluding steroid dienone is 1. The summed E-state index contributed by atoms with van der Waals surface area (Å²) in [5, 5.41) is 0.831. The largest absolute Gasteiger partial charge is 0.462 e. The second kappa shape index (κ2) is 11.4. The molecule has 0 radical (unpaired) electrons. The first-order chi connectivity index (χ1) is 15.6. The third-order valence-electron chi connectivity index (χ3n) is 4.64. The van der Waals surface area contributed by atoms with Crippen molar-refractivity contribution >= 4 is 28.9 Å². The first kappa shape index (κ1) is 23.5. The van der Waals surface area contributed by atoms with Crippen LogP contribution < -0.4 is 0 Å². The van der Waals surface area contributed by atoms with Gasteiger partial charge in [0.15, 0.2) is 11.3 Å². The van der Waals surface area contributed by atoms with Gasteiger partial charge >= 0.3 is 5.97 Å². The van der Waals surface area contributed by atoms with Gasteiger partial charge in [0.05, 0.1) is 26.4 Å². The van der Waals surface area contributed by atoms with E-state index in [1.807, 2.05) is 6.07 Å². The van der Waals surface area contributed by atoms with Crippen LogP contribution in [0.3, 0.4) is 0 Å². The summed E-state index contributed by atoms with van der Waals surface area (Å²) in [5.74, 6) is -1.11. The number of carbonyl (C=O) groups is 2. The highest BCUT2D eigenvalue weighted by atomic mass is 16.7. The highest BCUT2D eigenvalue weighted by Gasteiger charge is 2.38. The van der Waals surface area contributed by atoms with Gasteiger partial charge in [0.2, 0.25) is 11.7 Å². The zero-order valence-electron chi connectivity index (χ0n) is 18.4. The van der Waals surface area contributed by atoms with Crippen LogP contribution in [0.2, 0.25) is 0 Å². The second-order valence-corrected chi connectivity index (χ2v) is 6.83. The molecule has 10 heteroatoms. The molecule has 2 aromatic rings. The van der Waals surface area contributed by atoms with Crippen LogP contribution >= 0.6 is 0 Å². The van der Waals surface area contributed by atoms with Gasteiger partial charge in [0.1, 0.15) is 12.4 Å². The van der Waals surface area contributed by atoms with Gasteiger partial charge in [0.25, 0.3) is 0 Å². The molecule has 0 atom stereocenters. The Labute approximate surface area is 185 Å². The second-order valence-electron chi connectivity index (χ2n) is 6.83. The Hall–Kier alpha value is -3.21. The Kier molecular flexibility index (Phi) is 8.37. The van der Waals surface area contributed by atoms with Crippen molar-refractivity contribution in [2.45, 2.75) is 6.92 Å². The van der Waals surface area contributed by atoms with Crippen molar-refractivity contribution in [2.24, 2.45) is 0 Å². The molecule has 0 aliphatic carbocycles. The van der Waals surface area contributed by atoms with Crippen LogP contribution in [-0.2, 0) is 33.3 Å². The van der Waals surface area contributed by atoms with E-state index in [1.54, 1.807) is 50.5 Å². The van der Waals surface area contributed by atoms with Crippen LogP contribution in [-0.4, -0.2) is 80.5 Å². The first-order valence-electron chi connectivity index (χ1n) is 10.2. The van der Waals surface area contributed by atoms with Crippen molar-refractivity contribution < 1.29 is 33.3 Å². The molecule has 0 aromatic carbocycles. The number of esters is 1. The van der Waals surface area contributed by atoms with E-state index in [9.17, 15) is 9.59 Å². The number of hydrogen-bond donors (Lipinski definition) is 1. The average Bonchev–Trinajstić information content (AvgIpc) is 3.35. The molecule has 1 aliphatic rings. The Bertz CT molecular complexity index is 1010. The van der Waals surface area contributed by atoms with Crippen LogP contribution in [0.4, 0.5) is 0 Å². The zero-order chi connectivity index (χ0) is 22.9. The van der Waals surface area contributed by atoms with E-state index >= 15 is 0 Å². The molecule has 0 bridgehead atoms. The summed E-state index contributed by atoms with van der Waals surface area (Å²) >= 11 is 0. The molecule has 0 saturated heterocycles. The third kappa shape index (κ3) is 5.52. The maximum Gasteiger partial charge on any atom is 0.347 e. The summed E-state index contributed by atoms with van der Waals surface area (Å²) in [6.45, 7) is 3.50. The number of ether oxygens (including phenoxy) is 5. The van der Waals surface area contributed by atoms with E-state index in [1.165, 1.54) is 0 Å². The SMILES string of the molecule is CCOC(=O)C1=C(N(C)CCOCOCCOC)O/C(=C\c2c[nH]c3ncccc23)C1=O. The van der Waals surface area contributed by atoms with Crippen molar-refractivity contribution in [3.05, 3.63) is 47.3 Å². The van der Waals surface area contributed by atoms with Crippen LogP contribution in [0.25, 0.3) is 17.1 Å². The van der Waals surface area contributed by atoms with Crippen LogP contribution in [0.1, 0.15) is 12.5 Å². The molecule has 0 spiro atoms. The lowest BCUT2D eigenvalue weighted by Crippen LogP contribution is -2.26. The minimum Gasteiger partial charge on any atom is -0.462 e. The number of aromatic nitrogens is 2. The lowest BCUT2D eigenvalue weighted by molar-refractivity contribution is -0.139. The van der Waals surface area contributed by atoms with Crippen LogP contribution in [0, 0.1) is 0 Å². The maximum atomic E-state index is 13.0. The molecular formula is C22H27N3O7. The van der Waals surface area contributed by atoms with Gasteiger partial charge in [-0.1, -0.05) is 0 Å². The number of likely N-dealkylation sites (N-methyl/N-ethyl adjacent to an activating group) is 1. The molecule has 10 nitrogen and oxygen atoms in total. The summed E-state index contributed by atoms with van der Waals surface area (Å²) in [6.07, 6.45) is 4.98. The number of pyridine rings is 1. The van der Waals surface area contributed by atoms with Gasteiger partial charge in [-0.25, -0.2) is 9.78 Å². The van der Waals surface area contributed by atoms with Crippen molar-refractivity contribution in [3.63, 3.8) is 0 Å². The lowest BCUT2D eigenvalue weighted by Gasteiger charge is -2.20. The monoisotopic (exact) mass is 445 g/mol. The predicted molar refractivity (Wildman–Crippen MR) is 115 cm³/mol. The number of H-pyrrole nitrogens is 1. The normalized spacial score (nSPS) is 15.0. The minimum absolute atomic E-state index is 0.0310. The summed E-state index contributed by atoms with van der Waals surface area (Å²) < 4.78 is 26.5. The minimum atomic E-state index is -0.729. The molecule has 0 saturated carbocycles. The fourth-order valence-corrected chi connectivity index (χ4v) is 3.03. The molecule has 0 amide bonds. The molecule has 3 rings (SSSR count). The standard InChI is InChI=1S/C22H27N3O7/c1-4-31-22(27)18-19(26)17(12-15-13-24-20-16(15)6-5-7-23-20)32-21(18)25(2)8-9-29-14-30-11-10-28-3/h5-7,12-13H,4,8-11,14H2,1-3H3,(H,23,24)/b17-12-. The molecule has 172 valence electrons. The number of ketones is 1. The molecule has 3 heterocycles. The van der Waals surface area contributed by atoms with Crippen molar-refractivity contribution in [1.82, 2.24) is 14.9 Å². The predicted octanol–water partition coefficient (Wildman–Crippen LogP) is 1.85. The first-order valence-corrected chi connectivity index (χ1v) is 10.2. The zero-order valence-corrected chi connectivity index (χ0v) is 18.4. The number of rotatable bonds is 12. The Balaban J connectivity index is 1.73. The smallest absolute Gasteiger partial charge is 0.347 e. The van der Waals surface area contributed by atoms with Crippen molar-refractivity contribution in [3.8, 4) is 0 Å². The van der Waals surface area contributed by atoms with Crippen LogP contribution in [0.15, 0.2) is 41.7 Å². The topological polar surface area (TPSA) is 112 Å². The number of aromatic amines is 1. The fourth-order valence-electron chi connectivity index (χ4n) is 3.03. The number of Topliss-reactive ketones (excluding diaryl/α,β-unsaturated/α-hetero) is 1. The van der Waals surface area contributed by atoms with Gasteiger partial charge in [-0.2, -0.15) is 0 Å². The van der Waals surface area contributed by atoms with E-state index in [0.29, 0.717) is 32.0 Å². The number of fused-ring (bicyclic) bond motifs is 1. The number of hydrogen-bond acceptors (Lipinski definition) is 9. The highest BCUT2D eigenvalue weighted by Crippen LogP contribution is 2.30. The Morgan fingerprint density at radius 1 is 1.28 bits per heavy atom. The van der Waals surface area contributed by atoms with E-state index in [-0.39, 0.29) is 30.6 Å². The third-order valence-corrected chi connectivity index (χ3v) is 4.64. The van der Waals surface area contributed by atoms with Crippen LogP contribution in [0.5, 0.6) is 0 Å². The summed E-state index contributed by atoms with van der Waals surface area (Å²) in [4.78, 5) is 34.4. The maximum absolute atomic E-state index is 13.0. The van der Waals surface area contributed by atoms with Crippen molar-refractivity contribution in [1.29, 1.82) is 0 Å². The number of nitrogens with zero attached hydrogens (tertiary/aromatic N) is 2. The Morgan fingerprint density at radius 3 is 2.88 bits per heavy atom. The highest BCUT2D eigenvalue weighted by molar-refractivity contribution is 6.26. The van der Waals surface area contributed by atoms with Crippen molar-refractivity contribution in [2.75, 3.05) is 53.9 Å². The molecule has 1 N–H and O–H groups in total. The number of nitrogens with one attached hydrogen (secondary N) is 1. The Morgan fingerprint density at radius 2 is 2.09 bits per heavy atom. The van der Waals surface area contributed by atoms with Gasteiger partial charge in [-0.15, -0.1) is 0 Å². The van der Waals surface area contributed by atoms with E-state index in [2.05, 4.69) is 9.97 Å². The molecule has 0 fully saturated rings. The molecule has 0 unspecified atom stereocenters. The molecule has 2 aromatic heterocycles. The fraction of sp³-hybridized carbons (Fsp3) is 0.409. The van der Waals surface area contributed by atoms with E-state index < -0.39 is 11.8 Å². The van der Waals surface area contributed by atoms with Gasteiger partial charge < -0.3 is 33.6 Å². The van der Waals surface area contributed by atoms with Gasteiger partial charge in [-0.05, 0) is 25.1 Å². The summed E-state index contributed by atoms with van der Waals surface area (Å²) in [6, 6.07) is 3.68. The number of carbonyl (C=O) groups excluding carboxylic acids is 2. The summed E-state index contributed by atoms with van der Waals surface area (Å²) in [5.41, 5.74) is 1.26. The van der Waals surface area contributed by atoms with Gasteiger partial charge in [-0.3, -0.25) is 4.79 Å². The molecule has 32 heavy (non-hydrogen) atoms. The summed E-state index contributed by atoms with van der Waals surface area (Å²) in [7, 11) is 3.30. The molecule has 1 aliphatic heterocycles. The van der Waals surface area contributed by atoms with Gasteiger partial charge in [0, 0.05) is 44.0 Å². The van der Waals surface area contributed by atoms with E-state index in [0.717, 1.165) is 10.9 Å². The molecular weight excluding hydrogens is 418 g/mol. The quantitative estimate of drug-likeness (QED) is 0.172. The van der Waals surface area contributed by atoms with E-state index in [4.69, 9.17) is 23.7 Å². The lowest BCUT2D eigenvalue weighted by atomic mass is 10.1. The number of methoxy groups -OCH3 is 1.